The summed E-state index contributed by atoms with van der Waals surface area (Å²) in [5, 5.41) is 2.09. The number of hydrogen-bond acceptors (Lipinski definition) is 3. The molecule has 2 aromatic carbocycles. The molecule has 0 aliphatic heterocycles. The van der Waals surface area contributed by atoms with Gasteiger partial charge in [0.25, 0.3) is 0 Å². The summed E-state index contributed by atoms with van der Waals surface area (Å²) in [6, 6.07) is 11.6. The molecule has 3 nitrogen and oxygen atoms in total. The fourth-order valence-electron chi connectivity index (χ4n) is 2.04. The molecule has 0 saturated heterocycles. The highest BCUT2D eigenvalue weighted by Gasteiger charge is 2.05. The Morgan fingerprint density at radius 3 is 2.42 bits per heavy atom. The highest BCUT2D eigenvalue weighted by atomic mass is 32.2. The fourth-order valence-corrected chi connectivity index (χ4v) is 2.49. The van der Waals surface area contributed by atoms with E-state index in [1.54, 1.807) is 12.1 Å². The van der Waals surface area contributed by atoms with Crippen molar-refractivity contribution in [3.63, 3.8) is 0 Å². The minimum Gasteiger partial charge on any atom is -0.383 e. The van der Waals surface area contributed by atoms with Crippen LogP contribution in [-0.2, 0) is 16.5 Å². The maximum Gasteiger partial charge on any atom is 0.306 e. The lowest BCUT2D eigenvalue weighted by Gasteiger charge is -2.06. The second kappa shape index (κ2) is 5.61. The summed E-state index contributed by atoms with van der Waals surface area (Å²) >= 11 is 0. The number of unbranched alkanes of at least 4 members (excludes halogenated alkanes) is 1. The number of aryl methyl sites for hydroxylation is 1. The third-order valence-corrected chi connectivity index (χ3v) is 3.44. The molecule has 0 unspecified atom stereocenters. The first-order chi connectivity index (χ1) is 8.98. The van der Waals surface area contributed by atoms with E-state index in [0.717, 1.165) is 23.4 Å². The van der Waals surface area contributed by atoms with Crippen LogP contribution in [0.4, 0.5) is 0 Å². The Bertz CT molecular complexity index is 675. The van der Waals surface area contributed by atoms with Crippen molar-refractivity contribution in [2.75, 3.05) is 6.26 Å². The molecule has 0 saturated carbocycles. The topological polar surface area (TPSA) is 43.4 Å². The minimum absolute atomic E-state index is 0.358. The molecule has 0 heterocycles. The van der Waals surface area contributed by atoms with Crippen molar-refractivity contribution in [1.82, 2.24) is 0 Å². The lowest BCUT2D eigenvalue weighted by Crippen LogP contribution is -2.05. The van der Waals surface area contributed by atoms with Crippen LogP contribution in [0.1, 0.15) is 25.3 Å². The Hall–Kier alpha value is -1.55. The summed E-state index contributed by atoms with van der Waals surface area (Å²) < 4.78 is 27.1. The van der Waals surface area contributed by atoms with Gasteiger partial charge in [-0.2, -0.15) is 8.42 Å². The zero-order chi connectivity index (χ0) is 13.9. The Labute approximate surface area is 114 Å². The van der Waals surface area contributed by atoms with Gasteiger partial charge in [-0.25, -0.2) is 0 Å². The summed E-state index contributed by atoms with van der Waals surface area (Å²) in [5.74, 6) is 0.358. The first kappa shape index (κ1) is 13.9. The van der Waals surface area contributed by atoms with Crippen LogP contribution in [0.2, 0.25) is 0 Å². The molecular formula is C15H18O3S. The summed E-state index contributed by atoms with van der Waals surface area (Å²) in [5.41, 5.74) is 1.31. The standard InChI is InChI=1S/C15H18O3S/c1-3-4-5-12-6-7-14-11-15(18-19(2,16)17)9-8-13(14)10-12/h6-11H,3-5H2,1-2H3. The van der Waals surface area contributed by atoms with Gasteiger partial charge in [-0.3, -0.25) is 0 Å². The van der Waals surface area contributed by atoms with Crippen LogP contribution in [0.3, 0.4) is 0 Å². The summed E-state index contributed by atoms with van der Waals surface area (Å²) in [6.07, 6.45) is 4.49. The molecule has 19 heavy (non-hydrogen) atoms. The van der Waals surface area contributed by atoms with Crippen LogP contribution < -0.4 is 4.18 Å². The van der Waals surface area contributed by atoms with Gasteiger partial charge in [-0.05, 0) is 41.3 Å². The second-order valence-corrected chi connectivity index (χ2v) is 6.31. The Morgan fingerprint density at radius 1 is 1.05 bits per heavy atom. The molecule has 0 aliphatic rings. The van der Waals surface area contributed by atoms with E-state index in [2.05, 4.69) is 19.1 Å². The number of fused-ring (bicyclic) bond motifs is 1. The molecule has 2 aromatic rings. The fraction of sp³-hybridized carbons (Fsp3) is 0.333. The van der Waals surface area contributed by atoms with Crippen LogP contribution in [0, 0.1) is 0 Å². The number of hydrogen-bond donors (Lipinski definition) is 0. The zero-order valence-electron chi connectivity index (χ0n) is 11.2. The van der Waals surface area contributed by atoms with E-state index in [1.165, 1.54) is 18.4 Å². The van der Waals surface area contributed by atoms with Gasteiger partial charge in [0, 0.05) is 0 Å². The predicted octanol–water partition coefficient (Wildman–Crippen LogP) is 3.52. The van der Waals surface area contributed by atoms with Gasteiger partial charge >= 0.3 is 10.1 Å². The third-order valence-electron chi connectivity index (χ3n) is 2.94. The minimum atomic E-state index is -3.47. The highest BCUT2D eigenvalue weighted by molar-refractivity contribution is 7.86. The Morgan fingerprint density at radius 2 is 1.74 bits per heavy atom. The van der Waals surface area contributed by atoms with Crippen molar-refractivity contribution >= 4 is 20.9 Å². The largest absolute Gasteiger partial charge is 0.383 e. The smallest absolute Gasteiger partial charge is 0.306 e. The van der Waals surface area contributed by atoms with Gasteiger partial charge in [0.1, 0.15) is 5.75 Å². The maximum atomic E-state index is 11.1. The van der Waals surface area contributed by atoms with E-state index in [-0.39, 0.29) is 0 Å². The molecule has 2 rings (SSSR count). The lowest BCUT2D eigenvalue weighted by molar-refractivity contribution is 0.493. The molecule has 0 amide bonds. The van der Waals surface area contributed by atoms with Crippen LogP contribution >= 0.6 is 0 Å². The quantitative estimate of drug-likeness (QED) is 0.786. The summed E-state index contributed by atoms with van der Waals surface area (Å²) in [7, 11) is -3.47. The van der Waals surface area contributed by atoms with Crippen LogP contribution in [0.25, 0.3) is 10.8 Å². The van der Waals surface area contributed by atoms with Gasteiger partial charge < -0.3 is 4.18 Å². The van der Waals surface area contributed by atoms with Crippen molar-refractivity contribution in [2.24, 2.45) is 0 Å². The molecule has 0 aromatic heterocycles. The van der Waals surface area contributed by atoms with Crippen molar-refractivity contribution in [2.45, 2.75) is 26.2 Å². The molecule has 0 spiro atoms. The normalized spacial score (nSPS) is 11.7. The van der Waals surface area contributed by atoms with E-state index < -0.39 is 10.1 Å². The number of rotatable bonds is 5. The molecule has 0 atom stereocenters. The Balaban J connectivity index is 2.30. The zero-order valence-corrected chi connectivity index (χ0v) is 12.0. The van der Waals surface area contributed by atoms with E-state index in [9.17, 15) is 8.42 Å². The molecule has 4 heteroatoms. The molecule has 102 valence electrons. The predicted molar refractivity (Wildman–Crippen MR) is 78.0 cm³/mol. The van der Waals surface area contributed by atoms with Gasteiger partial charge in [0.05, 0.1) is 6.26 Å². The third kappa shape index (κ3) is 3.96. The average Bonchev–Trinajstić information content (AvgIpc) is 2.34. The van der Waals surface area contributed by atoms with Crippen molar-refractivity contribution < 1.29 is 12.6 Å². The van der Waals surface area contributed by atoms with Gasteiger partial charge in [-0.15, -0.1) is 0 Å². The molecule has 0 aliphatic carbocycles. The summed E-state index contributed by atoms with van der Waals surface area (Å²) in [4.78, 5) is 0. The summed E-state index contributed by atoms with van der Waals surface area (Å²) in [6.45, 7) is 2.18. The first-order valence-corrected chi connectivity index (χ1v) is 8.22. The molecule has 0 bridgehead atoms. The second-order valence-electron chi connectivity index (χ2n) is 4.73. The average molecular weight is 278 g/mol. The van der Waals surface area contributed by atoms with Gasteiger partial charge in [0.15, 0.2) is 0 Å². The van der Waals surface area contributed by atoms with E-state index in [1.807, 2.05) is 12.1 Å². The van der Waals surface area contributed by atoms with E-state index >= 15 is 0 Å². The van der Waals surface area contributed by atoms with Crippen molar-refractivity contribution in [3.8, 4) is 5.75 Å². The molecule has 0 N–H and O–H groups in total. The SMILES string of the molecule is CCCCc1ccc2cc(OS(C)(=O)=O)ccc2c1. The van der Waals surface area contributed by atoms with E-state index in [4.69, 9.17) is 4.18 Å². The van der Waals surface area contributed by atoms with Gasteiger partial charge in [-0.1, -0.05) is 37.6 Å². The van der Waals surface area contributed by atoms with E-state index in [0.29, 0.717) is 5.75 Å². The first-order valence-electron chi connectivity index (χ1n) is 6.40. The van der Waals surface area contributed by atoms with Crippen LogP contribution in [-0.4, -0.2) is 14.7 Å². The highest BCUT2D eigenvalue weighted by Crippen LogP contribution is 2.23. The lowest BCUT2D eigenvalue weighted by atomic mass is 10.0. The molecule has 0 radical (unpaired) electrons. The van der Waals surface area contributed by atoms with Gasteiger partial charge in [0.2, 0.25) is 0 Å². The maximum absolute atomic E-state index is 11.1. The number of benzene rings is 2. The van der Waals surface area contributed by atoms with Crippen LogP contribution in [0.5, 0.6) is 5.75 Å². The van der Waals surface area contributed by atoms with Crippen molar-refractivity contribution in [3.05, 3.63) is 42.0 Å². The monoisotopic (exact) mass is 278 g/mol. The molecular weight excluding hydrogens is 260 g/mol. The molecule has 0 fully saturated rings. The van der Waals surface area contributed by atoms with Crippen LogP contribution in [0.15, 0.2) is 36.4 Å². The van der Waals surface area contributed by atoms with Crippen molar-refractivity contribution in [1.29, 1.82) is 0 Å². The Kier molecular flexibility index (Phi) is 4.10.